The van der Waals surface area contributed by atoms with Gasteiger partial charge in [0.15, 0.2) is 0 Å². The van der Waals surface area contributed by atoms with Gasteiger partial charge in [-0.25, -0.2) is 9.59 Å². The second kappa shape index (κ2) is 10.7. The van der Waals surface area contributed by atoms with E-state index < -0.39 is 18.1 Å². The van der Waals surface area contributed by atoms with Crippen molar-refractivity contribution in [3.8, 4) is 11.1 Å². The number of carboxylic acid groups (broad SMARTS) is 1. The summed E-state index contributed by atoms with van der Waals surface area (Å²) in [5, 5.41) is 14.7. The third-order valence-corrected chi connectivity index (χ3v) is 5.96. The normalized spacial score (nSPS) is 14.5. The van der Waals surface area contributed by atoms with Gasteiger partial charge in [0.2, 0.25) is 5.91 Å². The molecular formula is C27H34N2O5. The number of benzene rings is 2. The van der Waals surface area contributed by atoms with Crippen LogP contribution in [0.15, 0.2) is 48.5 Å². The lowest BCUT2D eigenvalue weighted by Gasteiger charge is -2.24. The molecule has 7 heteroatoms. The summed E-state index contributed by atoms with van der Waals surface area (Å²) in [7, 11) is 0. The van der Waals surface area contributed by atoms with E-state index in [1.54, 1.807) is 6.92 Å². The quantitative estimate of drug-likeness (QED) is 0.497. The van der Waals surface area contributed by atoms with Crippen LogP contribution in [0, 0.1) is 5.41 Å². The molecule has 2 aromatic rings. The highest BCUT2D eigenvalue weighted by Gasteiger charge is 2.29. The van der Waals surface area contributed by atoms with Crippen LogP contribution in [-0.4, -0.2) is 41.8 Å². The molecule has 2 unspecified atom stereocenters. The summed E-state index contributed by atoms with van der Waals surface area (Å²) in [4.78, 5) is 36.1. The van der Waals surface area contributed by atoms with Crippen LogP contribution in [0.1, 0.15) is 64.0 Å². The van der Waals surface area contributed by atoms with Gasteiger partial charge in [-0.05, 0) is 47.4 Å². The minimum Gasteiger partial charge on any atom is -0.480 e. The fourth-order valence-corrected chi connectivity index (χ4v) is 4.34. The van der Waals surface area contributed by atoms with Crippen LogP contribution in [0.5, 0.6) is 0 Å². The summed E-state index contributed by atoms with van der Waals surface area (Å²) in [6.07, 6.45) is 0.282. The molecule has 3 N–H and O–H groups in total. The molecule has 0 radical (unpaired) electrons. The predicted molar refractivity (Wildman–Crippen MR) is 131 cm³/mol. The highest BCUT2D eigenvalue weighted by Crippen LogP contribution is 2.44. The zero-order valence-electron chi connectivity index (χ0n) is 20.3. The number of ether oxygens (including phenoxy) is 1. The fraction of sp³-hybridized carbons (Fsp3) is 0.444. The lowest BCUT2D eigenvalue weighted by Crippen LogP contribution is -2.43. The molecule has 0 bridgehead atoms. The Morgan fingerprint density at radius 1 is 0.971 bits per heavy atom. The zero-order valence-corrected chi connectivity index (χ0v) is 20.3. The third-order valence-electron chi connectivity index (χ3n) is 5.96. The Kier molecular flexibility index (Phi) is 7.97. The number of hydrogen-bond acceptors (Lipinski definition) is 4. The van der Waals surface area contributed by atoms with Crippen molar-refractivity contribution in [3.05, 3.63) is 59.7 Å². The summed E-state index contributed by atoms with van der Waals surface area (Å²) in [6.45, 7) is 7.79. The topological polar surface area (TPSA) is 105 Å². The SMILES string of the molecule is CC(CCC(=O)NC(CC(C)(C)C)C(=O)O)NC(=O)OCC1c2ccccc2-c2ccccc21. The van der Waals surface area contributed by atoms with Gasteiger partial charge in [0.05, 0.1) is 0 Å². The van der Waals surface area contributed by atoms with E-state index in [2.05, 4.69) is 34.9 Å². The molecule has 1 aliphatic carbocycles. The van der Waals surface area contributed by atoms with Gasteiger partial charge < -0.3 is 20.5 Å². The van der Waals surface area contributed by atoms with Gasteiger partial charge in [-0.3, -0.25) is 4.79 Å². The van der Waals surface area contributed by atoms with Crippen molar-refractivity contribution in [2.75, 3.05) is 6.61 Å². The lowest BCUT2D eigenvalue weighted by atomic mass is 9.88. The van der Waals surface area contributed by atoms with Crippen molar-refractivity contribution in [2.24, 2.45) is 5.41 Å². The van der Waals surface area contributed by atoms with E-state index in [4.69, 9.17) is 4.74 Å². The van der Waals surface area contributed by atoms with Crippen molar-refractivity contribution in [1.29, 1.82) is 0 Å². The number of hydrogen-bond donors (Lipinski definition) is 3. The number of rotatable bonds is 9. The standard InChI is InChI=1S/C27H34N2O5/c1-17(13-14-24(30)29-23(25(31)32)15-27(2,3)4)28-26(33)34-16-22-20-11-7-5-9-18(20)19-10-6-8-12-21(19)22/h5-12,17,22-23H,13-16H2,1-4H3,(H,28,33)(H,29,30)(H,31,32). The zero-order chi connectivity index (χ0) is 24.9. The number of aliphatic carboxylic acids is 1. The van der Waals surface area contributed by atoms with Crippen molar-refractivity contribution >= 4 is 18.0 Å². The molecule has 182 valence electrons. The van der Waals surface area contributed by atoms with E-state index in [1.807, 2.05) is 45.0 Å². The van der Waals surface area contributed by atoms with Crippen LogP contribution in [0.2, 0.25) is 0 Å². The van der Waals surface area contributed by atoms with Gasteiger partial charge in [0.1, 0.15) is 12.6 Å². The van der Waals surface area contributed by atoms with Crippen LogP contribution in [-0.2, 0) is 14.3 Å². The van der Waals surface area contributed by atoms with Gasteiger partial charge in [-0.15, -0.1) is 0 Å². The van der Waals surface area contributed by atoms with E-state index in [0.29, 0.717) is 12.8 Å². The molecule has 0 saturated carbocycles. The molecule has 2 atom stereocenters. The molecule has 0 saturated heterocycles. The van der Waals surface area contributed by atoms with Gasteiger partial charge in [0.25, 0.3) is 0 Å². The molecule has 0 spiro atoms. The van der Waals surface area contributed by atoms with Gasteiger partial charge in [-0.2, -0.15) is 0 Å². The van der Waals surface area contributed by atoms with Crippen LogP contribution in [0.25, 0.3) is 11.1 Å². The molecule has 1 aliphatic rings. The maximum Gasteiger partial charge on any atom is 0.407 e. The van der Waals surface area contributed by atoms with Crippen LogP contribution >= 0.6 is 0 Å². The molecule has 0 aliphatic heterocycles. The van der Waals surface area contributed by atoms with Crippen LogP contribution in [0.3, 0.4) is 0 Å². The average Bonchev–Trinajstić information content (AvgIpc) is 3.09. The minimum atomic E-state index is -1.05. The largest absolute Gasteiger partial charge is 0.480 e. The minimum absolute atomic E-state index is 0.0185. The van der Waals surface area contributed by atoms with Gasteiger partial charge in [0, 0.05) is 18.4 Å². The Labute approximate surface area is 200 Å². The first kappa shape index (κ1) is 25.3. The smallest absolute Gasteiger partial charge is 0.407 e. The Hall–Kier alpha value is -3.35. The molecule has 0 aromatic heterocycles. The van der Waals surface area contributed by atoms with E-state index in [1.165, 1.54) is 0 Å². The van der Waals surface area contributed by atoms with Gasteiger partial charge in [-0.1, -0.05) is 69.3 Å². The number of carbonyl (C=O) groups excluding carboxylic acids is 2. The Morgan fingerprint density at radius 2 is 1.53 bits per heavy atom. The number of nitrogens with one attached hydrogen (secondary N) is 2. The van der Waals surface area contributed by atoms with Crippen LogP contribution < -0.4 is 10.6 Å². The second-order valence-corrected chi connectivity index (χ2v) is 10.1. The monoisotopic (exact) mass is 466 g/mol. The number of carbonyl (C=O) groups is 3. The van der Waals surface area contributed by atoms with E-state index in [0.717, 1.165) is 22.3 Å². The highest BCUT2D eigenvalue weighted by atomic mass is 16.5. The maximum atomic E-state index is 12.4. The Balaban J connectivity index is 1.47. The van der Waals surface area contributed by atoms with E-state index >= 15 is 0 Å². The first-order chi connectivity index (χ1) is 16.0. The maximum absolute atomic E-state index is 12.4. The second-order valence-electron chi connectivity index (χ2n) is 10.1. The van der Waals surface area contributed by atoms with Crippen molar-refractivity contribution in [1.82, 2.24) is 10.6 Å². The predicted octanol–water partition coefficient (Wildman–Crippen LogP) is 4.70. The van der Waals surface area contributed by atoms with E-state index in [-0.39, 0.29) is 36.3 Å². The molecule has 0 heterocycles. The molecule has 0 fully saturated rings. The number of fused-ring (bicyclic) bond motifs is 3. The molecule has 2 aromatic carbocycles. The molecular weight excluding hydrogens is 432 g/mol. The number of alkyl carbamates (subject to hydrolysis) is 1. The van der Waals surface area contributed by atoms with E-state index in [9.17, 15) is 19.5 Å². The van der Waals surface area contributed by atoms with Crippen molar-refractivity contribution in [3.63, 3.8) is 0 Å². The van der Waals surface area contributed by atoms with Crippen LogP contribution in [0.4, 0.5) is 4.79 Å². The summed E-state index contributed by atoms with van der Waals surface area (Å²) in [5.74, 6) is -1.42. The first-order valence-corrected chi connectivity index (χ1v) is 11.7. The Morgan fingerprint density at radius 3 is 2.06 bits per heavy atom. The Bertz CT molecular complexity index is 998. The first-order valence-electron chi connectivity index (χ1n) is 11.7. The van der Waals surface area contributed by atoms with Crippen molar-refractivity contribution in [2.45, 2.75) is 65.0 Å². The summed E-state index contributed by atoms with van der Waals surface area (Å²) >= 11 is 0. The highest BCUT2D eigenvalue weighted by molar-refractivity contribution is 5.83. The molecule has 2 amide bonds. The fourth-order valence-electron chi connectivity index (χ4n) is 4.34. The molecule has 3 rings (SSSR count). The third kappa shape index (κ3) is 6.59. The molecule has 7 nitrogen and oxygen atoms in total. The summed E-state index contributed by atoms with van der Waals surface area (Å²) in [6, 6.07) is 15.0. The summed E-state index contributed by atoms with van der Waals surface area (Å²) in [5.41, 5.74) is 4.39. The summed E-state index contributed by atoms with van der Waals surface area (Å²) < 4.78 is 5.54. The average molecular weight is 467 g/mol. The molecule has 34 heavy (non-hydrogen) atoms. The van der Waals surface area contributed by atoms with Crippen molar-refractivity contribution < 1.29 is 24.2 Å². The number of carboxylic acids is 1. The number of amides is 2. The van der Waals surface area contributed by atoms with Gasteiger partial charge >= 0.3 is 12.1 Å². The lowest BCUT2D eigenvalue weighted by molar-refractivity contribution is -0.142.